The minimum absolute atomic E-state index is 0.0985. The van der Waals surface area contributed by atoms with Crippen LogP contribution in [0, 0.1) is 0 Å². The topological polar surface area (TPSA) is 101 Å². The van der Waals surface area contributed by atoms with Crippen molar-refractivity contribution in [2.24, 2.45) is 0 Å². The van der Waals surface area contributed by atoms with Gasteiger partial charge in [0.2, 0.25) is 0 Å². The number of anilines is 3. The van der Waals surface area contributed by atoms with Crippen LogP contribution in [0.3, 0.4) is 0 Å². The molecule has 0 spiro atoms. The number of nitrogens with one attached hydrogen (secondary N) is 3. The highest BCUT2D eigenvalue weighted by Gasteiger charge is 2.48. The number of nitrogens with zero attached hydrogens (tertiary/aromatic N) is 2. The Hall–Kier alpha value is -2.84. The summed E-state index contributed by atoms with van der Waals surface area (Å²) in [6.45, 7) is 4.03. The Kier molecular flexibility index (Phi) is 5.66. The van der Waals surface area contributed by atoms with Gasteiger partial charge in [0.25, 0.3) is 11.5 Å². The number of hydrogen-bond donors (Lipinski definition) is 4. The molecule has 8 nitrogen and oxygen atoms in total. The fraction of sp³-hybridized carbons (Fsp3) is 0.520. The average molecular weight is 452 g/mol. The Morgan fingerprint density at radius 3 is 2.24 bits per heavy atom. The lowest BCUT2D eigenvalue weighted by Crippen LogP contribution is -2.54. The summed E-state index contributed by atoms with van der Waals surface area (Å²) in [5.41, 5.74) is 1.33. The molecule has 0 atom stereocenters. The number of hydrogen-bond acceptors (Lipinski definition) is 6. The minimum Gasteiger partial charge on any atom is -0.390 e. The number of carbonyl (C=O) groups is 1. The number of piperazine rings is 1. The number of aliphatic hydroxyl groups is 1. The molecule has 4 N–H and O–H groups in total. The van der Waals surface area contributed by atoms with Gasteiger partial charge in [-0.2, -0.15) is 0 Å². The highest BCUT2D eigenvalue weighted by Crippen LogP contribution is 2.48. The van der Waals surface area contributed by atoms with Gasteiger partial charge < -0.3 is 30.5 Å². The van der Waals surface area contributed by atoms with E-state index in [0.29, 0.717) is 11.4 Å². The molecular weight excluding hydrogens is 418 g/mol. The second-order valence-corrected chi connectivity index (χ2v) is 10.0. The van der Waals surface area contributed by atoms with Crippen LogP contribution in [-0.2, 0) is 0 Å². The van der Waals surface area contributed by atoms with Crippen LogP contribution in [0.25, 0.3) is 0 Å². The van der Waals surface area contributed by atoms with E-state index >= 15 is 0 Å². The van der Waals surface area contributed by atoms with E-state index in [1.165, 1.54) is 0 Å². The molecule has 8 heteroatoms. The Morgan fingerprint density at radius 2 is 1.61 bits per heavy atom. The molecule has 176 valence electrons. The van der Waals surface area contributed by atoms with Gasteiger partial charge in [-0.05, 0) is 75.9 Å². The van der Waals surface area contributed by atoms with Crippen molar-refractivity contribution in [1.29, 1.82) is 0 Å². The molecule has 1 amide bonds. The Bertz CT molecular complexity index is 1050. The lowest BCUT2D eigenvalue weighted by atomic mass is 9.63. The first-order valence-electron chi connectivity index (χ1n) is 11.9. The normalized spacial score (nSPS) is 27.4. The Labute approximate surface area is 194 Å². The van der Waals surface area contributed by atoms with Crippen LogP contribution in [-0.4, -0.2) is 65.3 Å². The Morgan fingerprint density at radius 1 is 0.970 bits per heavy atom. The van der Waals surface area contributed by atoms with Gasteiger partial charge in [-0.3, -0.25) is 9.59 Å². The summed E-state index contributed by atoms with van der Waals surface area (Å²) >= 11 is 0. The first kappa shape index (κ1) is 22.0. The number of benzene rings is 1. The first-order chi connectivity index (χ1) is 15.8. The average Bonchev–Trinajstić information content (AvgIpc) is 2.81. The third kappa shape index (κ3) is 4.50. The zero-order valence-electron chi connectivity index (χ0n) is 19.2. The third-order valence-corrected chi connectivity index (χ3v) is 7.79. The van der Waals surface area contributed by atoms with Crippen LogP contribution in [0.4, 0.5) is 17.1 Å². The maximum Gasteiger partial charge on any atom is 0.263 e. The Balaban J connectivity index is 1.30. The smallest absolute Gasteiger partial charge is 0.263 e. The molecule has 4 aliphatic rings. The second kappa shape index (κ2) is 8.50. The molecule has 4 fully saturated rings. The number of pyridine rings is 1. The van der Waals surface area contributed by atoms with E-state index in [-0.39, 0.29) is 11.1 Å². The van der Waals surface area contributed by atoms with Crippen molar-refractivity contribution < 1.29 is 9.90 Å². The van der Waals surface area contributed by atoms with Gasteiger partial charge in [-0.15, -0.1) is 0 Å². The third-order valence-electron chi connectivity index (χ3n) is 7.79. The van der Waals surface area contributed by atoms with Crippen LogP contribution in [0.15, 0.2) is 41.3 Å². The maximum atomic E-state index is 13.1. The highest BCUT2D eigenvalue weighted by atomic mass is 16.3. The van der Waals surface area contributed by atoms with Gasteiger partial charge in [0.15, 0.2) is 0 Å². The number of aromatic nitrogens is 1. The molecule has 33 heavy (non-hydrogen) atoms. The van der Waals surface area contributed by atoms with Gasteiger partial charge in [0.1, 0.15) is 5.56 Å². The quantitative estimate of drug-likeness (QED) is 0.558. The SMILES string of the molecule is CN1CCN(c2ccc(NC(=O)c3c(NC45CCC(O)(CC4)CC5)cc[nH]c3=O)cc2)CC1. The predicted molar refractivity (Wildman–Crippen MR) is 130 cm³/mol. The van der Waals surface area contributed by atoms with Gasteiger partial charge in [-0.1, -0.05) is 0 Å². The molecule has 0 unspecified atom stereocenters. The van der Waals surface area contributed by atoms with Gasteiger partial charge >= 0.3 is 0 Å². The monoisotopic (exact) mass is 451 g/mol. The molecule has 3 aliphatic carbocycles. The fourth-order valence-electron chi connectivity index (χ4n) is 5.46. The summed E-state index contributed by atoms with van der Waals surface area (Å²) in [6, 6.07) is 9.56. The molecule has 1 aromatic carbocycles. The second-order valence-electron chi connectivity index (χ2n) is 10.0. The molecule has 2 bridgehead atoms. The molecule has 1 aromatic heterocycles. The molecule has 2 aromatic rings. The van der Waals surface area contributed by atoms with E-state index in [1.807, 2.05) is 24.3 Å². The summed E-state index contributed by atoms with van der Waals surface area (Å²) in [6.07, 6.45) is 6.35. The summed E-state index contributed by atoms with van der Waals surface area (Å²) in [5, 5.41) is 16.9. The van der Waals surface area contributed by atoms with Crippen molar-refractivity contribution in [2.75, 3.05) is 48.8 Å². The number of aromatic amines is 1. The lowest BCUT2D eigenvalue weighted by Gasteiger charge is -2.51. The standard InChI is InChI=1S/C25H33N5O3/c1-29-14-16-30(17-15-29)19-4-2-18(3-5-19)27-23(32)21-20(6-13-26-22(21)31)28-24-7-10-25(33,11-8-24)12-9-24/h2-6,13,33H,7-12,14-17H2,1H3,(H,27,32)(H2,26,28,31). The van der Waals surface area contributed by atoms with Crippen LogP contribution in [0.5, 0.6) is 0 Å². The van der Waals surface area contributed by atoms with Crippen LogP contribution >= 0.6 is 0 Å². The molecule has 2 heterocycles. The van der Waals surface area contributed by atoms with Gasteiger partial charge in [-0.25, -0.2) is 0 Å². The number of amides is 1. The molecule has 0 radical (unpaired) electrons. The van der Waals surface area contributed by atoms with Crippen molar-refractivity contribution in [3.63, 3.8) is 0 Å². The summed E-state index contributed by atoms with van der Waals surface area (Å²) in [5.74, 6) is -0.425. The number of fused-ring (bicyclic) bond motifs is 3. The number of rotatable bonds is 5. The lowest BCUT2D eigenvalue weighted by molar-refractivity contribution is -0.0580. The van der Waals surface area contributed by atoms with Gasteiger partial charge in [0.05, 0.1) is 11.3 Å². The van der Waals surface area contributed by atoms with Crippen molar-refractivity contribution in [3.8, 4) is 0 Å². The summed E-state index contributed by atoms with van der Waals surface area (Å²) in [7, 11) is 2.13. The number of H-pyrrole nitrogens is 1. The highest BCUT2D eigenvalue weighted by molar-refractivity contribution is 6.07. The van der Waals surface area contributed by atoms with E-state index in [9.17, 15) is 14.7 Å². The first-order valence-corrected chi connectivity index (χ1v) is 11.9. The van der Waals surface area contributed by atoms with E-state index in [1.54, 1.807) is 12.3 Å². The van der Waals surface area contributed by atoms with Crippen molar-refractivity contribution >= 4 is 23.0 Å². The molecule has 6 rings (SSSR count). The molecule has 1 saturated heterocycles. The zero-order chi connectivity index (χ0) is 23.1. The molecule has 1 aliphatic heterocycles. The molecule has 3 saturated carbocycles. The van der Waals surface area contributed by atoms with E-state index in [2.05, 4.69) is 32.5 Å². The van der Waals surface area contributed by atoms with Crippen molar-refractivity contribution in [2.45, 2.75) is 49.7 Å². The predicted octanol–water partition coefficient (Wildman–Crippen LogP) is 2.63. The molecular formula is C25H33N5O3. The van der Waals surface area contributed by atoms with Crippen LogP contribution in [0.2, 0.25) is 0 Å². The van der Waals surface area contributed by atoms with E-state index < -0.39 is 17.1 Å². The zero-order valence-corrected chi connectivity index (χ0v) is 19.2. The summed E-state index contributed by atoms with van der Waals surface area (Å²) in [4.78, 5) is 33.1. The summed E-state index contributed by atoms with van der Waals surface area (Å²) < 4.78 is 0. The minimum atomic E-state index is -0.534. The van der Waals surface area contributed by atoms with Gasteiger partial charge in [0, 0.05) is 49.3 Å². The van der Waals surface area contributed by atoms with E-state index in [0.717, 1.165) is 70.4 Å². The number of likely N-dealkylation sites (N-methyl/N-ethyl adjacent to an activating group) is 1. The fourth-order valence-corrected chi connectivity index (χ4v) is 5.46. The van der Waals surface area contributed by atoms with Crippen LogP contribution < -0.4 is 21.1 Å². The maximum absolute atomic E-state index is 13.1. The largest absolute Gasteiger partial charge is 0.390 e. The number of carbonyl (C=O) groups excluding carboxylic acids is 1. The van der Waals surface area contributed by atoms with Crippen molar-refractivity contribution in [3.05, 3.63) is 52.4 Å². The van der Waals surface area contributed by atoms with Crippen LogP contribution in [0.1, 0.15) is 48.9 Å². The van der Waals surface area contributed by atoms with Crippen molar-refractivity contribution in [1.82, 2.24) is 9.88 Å². The van der Waals surface area contributed by atoms with E-state index in [4.69, 9.17) is 0 Å².